The van der Waals surface area contributed by atoms with Crippen LogP contribution in [0.25, 0.3) is 0 Å². The zero-order valence-electron chi connectivity index (χ0n) is 15.2. The summed E-state index contributed by atoms with van der Waals surface area (Å²) in [6, 6.07) is 5.24. The molecule has 1 aromatic heterocycles. The Labute approximate surface area is 169 Å². The van der Waals surface area contributed by atoms with Crippen molar-refractivity contribution in [2.75, 3.05) is 18.5 Å². The van der Waals surface area contributed by atoms with Gasteiger partial charge in [-0.1, -0.05) is 0 Å². The van der Waals surface area contributed by atoms with E-state index in [4.69, 9.17) is 9.47 Å². The summed E-state index contributed by atoms with van der Waals surface area (Å²) in [7, 11) is -1.76. The van der Waals surface area contributed by atoms with E-state index in [1.165, 1.54) is 25.8 Å². The average Bonchev–Trinajstić information content (AvgIpc) is 3.22. The number of aromatic nitrogens is 1. The Bertz CT molecular complexity index is 1120. The van der Waals surface area contributed by atoms with E-state index in [1.807, 2.05) is 0 Å². The average molecular weight is 444 g/mol. The predicted octanol–water partition coefficient (Wildman–Crippen LogP) is 3.97. The second-order valence-electron chi connectivity index (χ2n) is 5.70. The summed E-state index contributed by atoms with van der Waals surface area (Å²) in [5.74, 6) is -3.56. The van der Waals surface area contributed by atoms with Crippen LogP contribution in [0.4, 0.5) is 18.3 Å². The van der Waals surface area contributed by atoms with Crippen LogP contribution in [0.1, 0.15) is 5.56 Å². The van der Waals surface area contributed by atoms with Gasteiger partial charge in [0.25, 0.3) is 10.0 Å². The number of ether oxygens (including phenoxy) is 2. The van der Waals surface area contributed by atoms with Crippen LogP contribution in [0, 0.1) is 17.5 Å². The van der Waals surface area contributed by atoms with Gasteiger partial charge in [-0.25, -0.2) is 30.9 Å². The van der Waals surface area contributed by atoms with Crippen molar-refractivity contribution in [3.05, 3.63) is 64.9 Å². The maximum absolute atomic E-state index is 14.2. The molecular weight excluding hydrogens is 429 g/mol. The largest absolute Gasteiger partial charge is 0.497 e. The van der Waals surface area contributed by atoms with Crippen LogP contribution in [-0.4, -0.2) is 27.6 Å². The lowest BCUT2D eigenvalue weighted by Gasteiger charge is -2.23. The van der Waals surface area contributed by atoms with Crippen molar-refractivity contribution in [3.63, 3.8) is 0 Å². The molecule has 0 bridgehead atoms. The third kappa shape index (κ3) is 4.15. The quantitative estimate of drug-likeness (QED) is 0.516. The molecule has 0 radical (unpaired) electrons. The number of halogens is 3. The van der Waals surface area contributed by atoms with Gasteiger partial charge in [0, 0.05) is 35.3 Å². The molecular formula is C18H15F3N2O4S2. The molecule has 0 aliphatic carbocycles. The van der Waals surface area contributed by atoms with Gasteiger partial charge in [-0.3, -0.25) is 0 Å². The molecule has 154 valence electrons. The van der Waals surface area contributed by atoms with E-state index in [0.717, 1.165) is 15.6 Å². The van der Waals surface area contributed by atoms with Gasteiger partial charge in [0.1, 0.15) is 22.2 Å². The summed E-state index contributed by atoms with van der Waals surface area (Å²) in [5, 5.41) is 1.55. The molecule has 0 N–H and O–H groups in total. The standard InChI is InChI=1S/C18H15F3N2O4S2/c1-26-12-4-3-11(16(7-12)27-2)10-23(18-22-5-6-28-18)29(24,25)17-9-14(20)13(19)8-15(17)21/h3-9H,10H2,1-2H3. The van der Waals surface area contributed by atoms with E-state index in [9.17, 15) is 21.6 Å². The summed E-state index contributed by atoms with van der Waals surface area (Å²) in [5.41, 5.74) is 0.426. The number of rotatable bonds is 7. The topological polar surface area (TPSA) is 68.7 Å². The molecule has 0 saturated heterocycles. The van der Waals surface area contributed by atoms with E-state index in [0.29, 0.717) is 23.1 Å². The van der Waals surface area contributed by atoms with E-state index in [-0.39, 0.29) is 17.7 Å². The summed E-state index contributed by atoms with van der Waals surface area (Å²) < 4.78 is 78.7. The summed E-state index contributed by atoms with van der Waals surface area (Å²) in [6.07, 6.45) is 1.37. The maximum atomic E-state index is 14.2. The Morgan fingerprint density at radius 2 is 1.76 bits per heavy atom. The summed E-state index contributed by atoms with van der Waals surface area (Å²) in [6.45, 7) is -0.290. The Morgan fingerprint density at radius 3 is 2.38 bits per heavy atom. The van der Waals surface area contributed by atoms with Gasteiger partial charge < -0.3 is 9.47 Å². The number of sulfonamides is 1. The van der Waals surface area contributed by atoms with Crippen molar-refractivity contribution < 1.29 is 31.1 Å². The van der Waals surface area contributed by atoms with Gasteiger partial charge in [-0.2, -0.15) is 0 Å². The monoisotopic (exact) mass is 444 g/mol. The highest BCUT2D eigenvalue weighted by Crippen LogP contribution is 2.33. The minimum atomic E-state index is -4.62. The Morgan fingerprint density at radius 1 is 1.03 bits per heavy atom. The maximum Gasteiger partial charge on any atom is 0.269 e. The van der Waals surface area contributed by atoms with Gasteiger partial charge in [0.2, 0.25) is 0 Å². The molecule has 2 aromatic carbocycles. The first kappa shape index (κ1) is 20.9. The zero-order valence-corrected chi connectivity index (χ0v) is 16.9. The van der Waals surface area contributed by atoms with E-state index < -0.39 is 32.4 Å². The number of methoxy groups -OCH3 is 2. The van der Waals surface area contributed by atoms with Crippen molar-refractivity contribution in [2.24, 2.45) is 0 Å². The van der Waals surface area contributed by atoms with Gasteiger partial charge in [0.15, 0.2) is 16.8 Å². The minimum absolute atomic E-state index is 0.0204. The second kappa shape index (κ2) is 8.29. The van der Waals surface area contributed by atoms with Gasteiger partial charge in [0.05, 0.1) is 20.8 Å². The molecule has 0 aliphatic heterocycles. The van der Waals surface area contributed by atoms with E-state index in [1.54, 1.807) is 18.2 Å². The molecule has 0 saturated carbocycles. The van der Waals surface area contributed by atoms with Gasteiger partial charge in [-0.05, 0) is 12.1 Å². The van der Waals surface area contributed by atoms with E-state index >= 15 is 0 Å². The van der Waals surface area contributed by atoms with Crippen molar-refractivity contribution >= 4 is 26.5 Å². The fourth-order valence-corrected chi connectivity index (χ4v) is 4.88. The molecule has 3 aromatic rings. The number of thiazole rings is 1. The van der Waals surface area contributed by atoms with Crippen LogP contribution < -0.4 is 13.8 Å². The lowest BCUT2D eigenvalue weighted by atomic mass is 10.2. The van der Waals surface area contributed by atoms with Gasteiger partial charge >= 0.3 is 0 Å². The number of anilines is 1. The molecule has 0 atom stereocenters. The second-order valence-corrected chi connectivity index (χ2v) is 8.40. The van der Waals surface area contributed by atoms with Crippen LogP contribution in [0.3, 0.4) is 0 Å². The highest BCUT2D eigenvalue weighted by atomic mass is 32.2. The van der Waals surface area contributed by atoms with Crippen LogP contribution >= 0.6 is 11.3 Å². The van der Waals surface area contributed by atoms with Crippen LogP contribution in [-0.2, 0) is 16.6 Å². The van der Waals surface area contributed by atoms with Crippen molar-refractivity contribution in [2.45, 2.75) is 11.4 Å². The lowest BCUT2D eigenvalue weighted by Crippen LogP contribution is -2.31. The molecule has 6 nitrogen and oxygen atoms in total. The third-order valence-corrected chi connectivity index (χ3v) is 6.64. The molecule has 0 aliphatic rings. The first-order chi connectivity index (χ1) is 13.8. The fourth-order valence-electron chi connectivity index (χ4n) is 2.55. The molecule has 0 spiro atoms. The molecule has 1 heterocycles. The smallest absolute Gasteiger partial charge is 0.269 e. The molecule has 0 fully saturated rings. The number of hydrogen-bond donors (Lipinski definition) is 0. The van der Waals surface area contributed by atoms with Crippen molar-refractivity contribution in [1.82, 2.24) is 4.98 Å². The molecule has 3 rings (SSSR count). The number of hydrogen-bond acceptors (Lipinski definition) is 6. The zero-order chi connectivity index (χ0) is 21.2. The molecule has 29 heavy (non-hydrogen) atoms. The predicted molar refractivity (Wildman–Crippen MR) is 101 cm³/mol. The normalized spacial score (nSPS) is 11.3. The molecule has 0 unspecified atom stereocenters. The summed E-state index contributed by atoms with van der Waals surface area (Å²) in [4.78, 5) is 2.97. The van der Waals surface area contributed by atoms with Crippen LogP contribution in [0.15, 0.2) is 46.8 Å². The van der Waals surface area contributed by atoms with Crippen LogP contribution in [0.5, 0.6) is 11.5 Å². The number of benzene rings is 2. The lowest BCUT2D eigenvalue weighted by molar-refractivity contribution is 0.391. The Kier molecular flexibility index (Phi) is 5.99. The Balaban J connectivity index is 2.11. The third-order valence-electron chi connectivity index (χ3n) is 3.98. The van der Waals surface area contributed by atoms with Gasteiger partial charge in [-0.15, -0.1) is 11.3 Å². The van der Waals surface area contributed by atoms with E-state index in [2.05, 4.69) is 4.98 Å². The highest BCUT2D eigenvalue weighted by Gasteiger charge is 2.32. The van der Waals surface area contributed by atoms with Crippen molar-refractivity contribution in [1.29, 1.82) is 0 Å². The van der Waals surface area contributed by atoms with Crippen molar-refractivity contribution in [3.8, 4) is 11.5 Å². The SMILES string of the molecule is COc1ccc(CN(c2nccs2)S(=O)(=O)c2cc(F)c(F)cc2F)c(OC)c1. The Hall–Kier alpha value is -2.79. The number of nitrogens with zero attached hydrogens (tertiary/aromatic N) is 2. The van der Waals surface area contributed by atoms with Crippen LogP contribution in [0.2, 0.25) is 0 Å². The summed E-state index contributed by atoms with van der Waals surface area (Å²) >= 11 is 0.986. The molecule has 11 heteroatoms. The first-order valence-corrected chi connectivity index (χ1v) is 10.4. The highest BCUT2D eigenvalue weighted by molar-refractivity contribution is 7.93. The molecule has 0 amide bonds. The minimum Gasteiger partial charge on any atom is -0.497 e. The first-order valence-electron chi connectivity index (χ1n) is 8.05. The fraction of sp³-hybridized carbons (Fsp3) is 0.167.